The van der Waals surface area contributed by atoms with Crippen molar-refractivity contribution in [1.29, 1.82) is 0 Å². The standard InChI is InChI=1S/C28H33N3O5/c32-25(30-36-26-9-4-5-18-34-26)13-11-22-10-12-24-23(19-22)27(33)29-28(35-24)15-6-16-31(20-28)17-14-21-7-2-1-3-8-21/h1-3,7-8,10-13,19,26H,4-6,9,14-18,20H2,(H,29,33)(H,30,32). The molecule has 8 nitrogen and oxygen atoms in total. The highest BCUT2D eigenvalue weighted by Crippen LogP contribution is 2.33. The van der Waals surface area contributed by atoms with Crippen LogP contribution >= 0.6 is 0 Å². The van der Waals surface area contributed by atoms with Crippen LogP contribution in [0.2, 0.25) is 0 Å². The van der Waals surface area contributed by atoms with Crippen LogP contribution in [-0.4, -0.2) is 55.0 Å². The Morgan fingerprint density at radius 1 is 1.19 bits per heavy atom. The fourth-order valence-electron chi connectivity index (χ4n) is 4.98. The summed E-state index contributed by atoms with van der Waals surface area (Å²) in [5, 5.41) is 3.12. The highest BCUT2D eigenvalue weighted by molar-refractivity contribution is 5.99. The summed E-state index contributed by atoms with van der Waals surface area (Å²) in [5.74, 6) is 0.0287. The van der Waals surface area contributed by atoms with E-state index in [2.05, 4.69) is 40.0 Å². The largest absolute Gasteiger partial charge is 0.466 e. The number of nitrogens with one attached hydrogen (secondary N) is 2. The van der Waals surface area contributed by atoms with Crippen molar-refractivity contribution in [3.8, 4) is 5.75 Å². The SMILES string of the molecule is O=C(C=Cc1ccc2c(c1)C(=O)NC1(CCCN(CCc3ccccc3)C1)O2)NOC1CCCCO1. The Morgan fingerprint density at radius 3 is 2.92 bits per heavy atom. The molecule has 2 aromatic carbocycles. The van der Waals surface area contributed by atoms with Gasteiger partial charge >= 0.3 is 0 Å². The third-order valence-corrected chi connectivity index (χ3v) is 6.84. The van der Waals surface area contributed by atoms with E-state index in [1.54, 1.807) is 12.1 Å². The third-order valence-electron chi connectivity index (χ3n) is 6.84. The molecule has 2 saturated heterocycles. The van der Waals surface area contributed by atoms with Gasteiger partial charge in [-0.15, -0.1) is 0 Å². The van der Waals surface area contributed by atoms with Crippen LogP contribution in [0.25, 0.3) is 6.08 Å². The van der Waals surface area contributed by atoms with Crippen molar-refractivity contribution in [2.45, 2.75) is 50.5 Å². The number of carbonyl (C=O) groups excluding carboxylic acids is 2. The molecule has 5 rings (SSSR count). The monoisotopic (exact) mass is 491 g/mol. The van der Waals surface area contributed by atoms with Gasteiger partial charge in [0.2, 0.25) is 0 Å². The zero-order valence-corrected chi connectivity index (χ0v) is 20.4. The van der Waals surface area contributed by atoms with Gasteiger partial charge in [-0.1, -0.05) is 36.4 Å². The zero-order valence-electron chi connectivity index (χ0n) is 20.4. The van der Waals surface area contributed by atoms with Crippen LogP contribution in [0.15, 0.2) is 54.6 Å². The van der Waals surface area contributed by atoms with Gasteiger partial charge in [0.1, 0.15) is 5.75 Å². The van der Waals surface area contributed by atoms with Crippen LogP contribution in [0.3, 0.4) is 0 Å². The van der Waals surface area contributed by atoms with Gasteiger partial charge in [-0.25, -0.2) is 10.3 Å². The number of hydrogen-bond donors (Lipinski definition) is 2. The van der Waals surface area contributed by atoms with Gasteiger partial charge in [-0.05, 0) is 61.6 Å². The first kappa shape index (κ1) is 24.5. The second-order valence-electron chi connectivity index (χ2n) is 9.64. The van der Waals surface area contributed by atoms with E-state index >= 15 is 0 Å². The Labute approximate surface area is 211 Å². The van der Waals surface area contributed by atoms with Crippen LogP contribution in [0.1, 0.15) is 53.6 Å². The summed E-state index contributed by atoms with van der Waals surface area (Å²) in [7, 11) is 0. The lowest BCUT2D eigenvalue weighted by molar-refractivity contribution is -0.198. The van der Waals surface area contributed by atoms with Gasteiger partial charge in [0.05, 0.1) is 12.1 Å². The zero-order chi connectivity index (χ0) is 24.8. The maximum absolute atomic E-state index is 13.1. The normalized spacial score (nSPS) is 24.2. The number of amides is 2. The summed E-state index contributed by atoms with van der Waals surface area (Å²) < 4.78 is 11.8. The van der Waals surface area contributed by atoms with E-state index in [1.165, 1.54) is 11.6 Å². The summed E-state index contributed by atoms with van der Waals surface area (Å²) in [6, 6.07) is 15.8. The van der Waals surface area contributed by atoms with E-state index in [-0.39, 0.29) is 11.8 Å². The highest BCUT2D eigenvalue weighted by atomic mass is 16.8. The Hall–Kier alpha value is -3.20. The second kappa shape index (κ2) is 11.2. The van der Waals surface area contributed by atoms with E-state index < -0.39 is 12.0 Å². The lowest BCUT2D eigenvalue weighted by atomic mass is 9.97. The predicted octanol–water partition coefficient (Wildman–Crippen LogP) is 3.43. The molecule has 0 aromatic heterocycles. The van der Waals surface area contributed by atoms with Gasteiger partial charge < -0.3 is 14.8 Å². The summed E-state index contributed by atoms with van der Waals surface area (Å²) in [5.41, 5.74) is 4.18. The van der Waals surface area contributed by atoms with Crippen molar-refractivity contribution in [1.82, 2.24) is 15.7 Å². The molecule has 2 atom stereocenters. The van der Waals surface area contributed by atoms with E-state index in [1.807, 2.05) is 18.2 Å². The number of rotatable bonds is 7. The number of piperidine rings is 1. The van der Waals surface area contributed by atoms with Crippen LogP contribution in [0.4, 0.5) is 0 Å². The minimum Gasteiger partial charge on any atom is -0.466 e. The van der Waals surface area contributed by atoms with Gasteiger partial charge in [-0.3, -0.25) is 14.5 Å². The molecular weight excluding hydrogens is 458 g/mol. The summed E-state index contributed by atoms with van der Waals surface area (Å²) in [4.78, 5) is 32.8. The number of hydrogen-bond acceptors (Lipinski definition) is 6. The quantitative estimate of drug-likeness (QED) is 0.456. The van der Waals surface area contributed by atoms with Crippen LogP contribution in [0.5, 0.6) is 5.75 Å². The summed E-state index contributed by atoms with van der Waals surface area (Å²) in [6.45, 7) is 3.20. The number of fused-ring (bicyclic) bond motifs is 1. The molecule has 3 aliphatic rings. The summed E-state index contributed by atoms with van der Waals surface area (Å²) >= 11 is 0. The maximum Gasteiger partial charge on any atom is 0.267 e. The van der Waals surface area contributed by atoms with Crippen molar-refractivity contribution >= 4 is 17.9 Å². The molecule has 2 fully saturated rings. The fourth-order valence-corrected chi connectivity index (χ4v) is 4.98. The molecule has 0 radical (unpaired) electrons. The number of nitrogens with zero attached hydrogens (tertiary/aromatic N) is 1. The van der Waals surface area contributed by atoms with Crippen LogP contribution < -0.4 is 15.5 Å². The van der Waals surface area contributed by atoms with E-state index in [9.17, 15) is 9.59 Å². The van der Waals surface area contributed by atoms with Gasteiger partial charge in [0.25, 0.3) is 11.8 Å². The topological polar surface area (TPSA) is 89.1 Å². The molecule has 2 N–H and O–H groups in total. The molecule has 2 aromatic rings. The molecule has 8 heteroatoms. The number of carbonyl (C=O) groups is 2. The Bertz CT molecular complexity index is 1100. The average Bonchev–Trinajstić information content (AvgIpc) is 2.91. The highest BCUT2D eigenvalue weighted by Gasteiger charge is 2.43. The minimum atomic E-state index is -0.714. The van der Waals surface area contributed by atoms with E-state index in [0.29, 0.717) is 24.5 Å². The maximum atomic E-state index is 13.1. The Balaban J connectivity index is 1.18. The molecule has 190 valence electrons. The predicted molar refractivity (Wildman–Crippen MR) is 135 cm³/mol. The molecule has 0 aliphatic carbocycles. The van der Waals surface area contributed by atoms with Crippen molar-refractivity contribution < 1.29 is 23.9 Å². The lowest BCUT2D eigenvalue weighted by Gasteiger charge is -2.45. The van der Waals surface area contributed by atoms with Crippen molar-refractivity contribution in [2.24, 2.45) is 0 Å². The second-order valence-corrected chi connectivity index (χ2v) is 9.64. The van der Waals surface area contributed by atoms with Crippen LogP contribution in [-0.2, 0) is 20.8 Å². The van der Waals surface area contributed by atoms with Crippen LogP contribution in [0, 0.1) is 0 Å². The van der Waals surface area contributed by atoms with E-state index in [0.717, 1.165) is 57.2 Å². The Kier molecular flexibility index (Phi) is 7.65. The molecule has 3 heterocycles. The molecule has 0 saturated carbocycles. The first-order valence-corrected chi connectivity index (χ1v) is 12.8. The average molecular weight is 492 g/mol. The van der Waals surface area contributed by atoms with E-state index in [4.69, 9.17) is 14.3 Å². The molecule has 36 heavy (non-hydrogen) atoms. The number of hydroxylamine groups is 1. The third kappa shape index (κ3) is 6.13. The first-order valence-electron chi connectivity index (χ1n) is 12.8. The van der Waals surface area contributed by atoms with Crippen molar-refractivity contribution in [3.63, 3.8) is 0 Å². The molecular formula is C28H33N3O5. The number of benzene rings is 2. The summed E-state index contributed by atoms with van der Waals surface area (Å²) in [6.07, 6.45) is 8.09. The molecule has 0 bridgehead atoms. The molecule has 2 unspecified atom stereocenters. The smallest absolute Gasteiger partial charge is 0.267 e. The van der Waals surface area contributed by atoms with Crippen molar-refractivity contribution in [3.05, 3.63) is 71.3 Å². The lowest BCUT2D eigenvalue weighted by Crippen LogP contribution is -2.64. The molecule has 3 aliphatic heterocycles. The molecule has 2 amide bonds. The Morgan fingerprint density at radius 2 is 2.08 bits per heavy atom. The van der Waals surface area contributed by atoms with Crippen molar-refractivity contribution in [2.75, 3.05) is 26.2 Å². The van der Waals surface area contributed by atoms with Gasteiger partial charge in [0, 0.05) is 32.1 Å². The fraction of sp³-hybridized carbons (Fsp3) is 0.429. The minimum absolute atomic E-state index is 0.154. The number of ether oxygens (including phenoxy) is 2. The van der Waals surface area contributed by atoms with Gasteiger partial charge in [0.15, 0.2) is 12.0 Å². The van der Waals surface area contributed by atoms with Gasteiger partial charge in [-0.2, -0.15) is 0 Å². The molecule has 1 spiro atoms. The number of likely N-dealkylation sites (tertiary alicyclic amines) is 1. The first-order chi connectivity index (χ1) is 17.6.